The van der Waals surface area contributed by atoms with Crippen molar-refractivity contribution in [2.75, 3.05) is 39.6 Å². The summed E-state index contributed by atoms with van der Waals surface area (Å²) in [6.07, 6.45) is 87.7. The summed E-state index contributed by atoms with van der Waals surface area (Å²) >= 11 is 0. The van der Waals surface area contributed by atoms with Crippen LogP contribution in [-0.4, -0.2) is 96.7 Å². The van der Waals surface area contributed by atoms with Crippen molar-refractivity contribution in [2.24, 2.45) is 0 Å². The third-order valence-corrected chi connectivity index (χ3v) is 19.4. The van der Waals surface area contributed by atoms with Crippen molar-refractivity contribution < 1.29 is 80.2 Å². The molecule has 5 atom stereocenters. The number of carbonyl (C=O) groups is 4. The lowest BCUT2D eigenvalue weighted by Crippen LogP contribution is -2.30. The number of ether oxygens (including phenoxy) is 4. The molecule has 0 bridgehead atoms. The van der Waals surface area contributed by atoms with Crippen molar-refractivity contribution in [3.8, 4) is 0 Å². The zero-order valence-corrected chi connectivity index (χ0v) is 68.6. The summed E-state index contributed by atoms with van der Waals surface area (Å²) in [6.45, 7) is 4.70. The monoisotopic (exact) mass is 1530 g/mol. The Bertz CT molecular complexity index is 2480. The summed E-state index contributed by atoms with van der Waals surface area (Å²) in [5.74, 6) is -2.35. The highest BCUT2D eigenvalue weighted by Crippen LogP contribution is 2.45. The van der Waals surface area contributed by atoms with Gasteiger partial charge in [-0.3, -0.25) is 37.3 Å². The predicted octanol–water partition coefficient (Wildman–Crippen LogP) is 24.7. The van der Waals surface area contributed by atoms with Gasteiger partial charge in [0, 0.05) is 25.7 Å². The van der Waals surface area contributed by atoms with Gasteiger partial charge in [0.25, 0.3) is 0 Å². The number of phosphoric ester groups is 2. The van der Waals surface area contributed by atoms with Gasteiger partial charge in [0.05, 0.1) is 26.4 Å². The second-order valence-corrected chi connectivity index (χ2v) is 30.6. The van der Waals surface area contributed by atoms with E-state index in [-0.39, 0.29) is 25.7 Å². The number of carbonyl (C=O) groups excluding carboxylic acids is 4. The van der Waals surface area contributed by atoms with Crippen molar-refractivity contribution >= 4 is 39.5 Å². The molecule has 0 aromatic rings. The van der Waals surface area contributed by atoms with Crippen molar-refractivity contribution in [2.45, 2.75) is 367 Å². The molecule has 610 valence electrons. The van der Waals surface area contributed by atoms with Gasteiger partial charge in [-0.25, -0.2) is 9.13 Å². The molecule has 2 unspecified atom stereocenters. The van der Waals surface area contributed by atoms with Gasteiger partial charge in [-0.2, -0.15) is 0 Å². The minimum Gasteiger partial charge on any atom is -0.462 e. The van der Waals surface area contributed by atoms with Gasteiger partial charge in [-0.1, -0.05) is 342 Å². The Morgan fingerprint density at radius 3 is 0.783 bits per heavy atom. The van der Waals surface area contributed by atoms with Crippen LogP contribution >= 0.6 is 15.6 Å². The highest BCUT2D eigenvalue weighted by Gasteiger charge is 2.30. The number of esters is 4. The lowest BCUT2D eigenvalue weighted by Gasteiger charge is -2.21. The highest BCUT2D eigenvalue weighted by atomic mass is 31.2. The number of hydrogen-bond donors (Lipinski definition) is 3. The Kier molecular flexibility index (Phi) is 75.2. The van der Waals surface area contributed by atoms with Gasteiger partial charge >= 0.3 is 39.5 Å². The third-order valence-electron chi connectivity index (χ3n) is 17.5. The Balaban J connectivity index is 5.48. The van der Waals surface area contributed by atoms with Crippen molar-refractivity contribution in [1.29, 1.82) is 0 Å². The lowest BCUT2D eigenvalue weighted by atomic mass is 10.0. The maximum absolute atomic E-state index is 13.1. The van der Waals surface area contributed by atoms with E-state index in [2.05, 4.69) is 113 Å². The first-order valence-electron chi connectivity index (χ1n) is 41.8. The zero-order chi connectivity index (χ0) is 77.4. The number of aliphatic hydroxyl groups is 1. The molecular formula is C87H150O17P2. The molecule has 0 saturated carbocycles. The molecule has 3 N–H and O–H groups in total. The number of hydrogen-bond acceptors (Lipinski definition) is 15. The van der Waals surface area contributed by atoms with Crippen LogP contribution in [0, 0.1) is 0 Å². The van der Waals surface area contributed by atoms with Gasteiger partial charge in [0.1, 0.15) is 19.3 Å². The number of unbranched alkanes of at least 4 members (excludes halogenated alkanes) is 32. The lowest BCUT2D eigenvalue weighted by molar-refractivity contribution is -0.161. The van der Waals surface area contributed by atoms with Gasteiger partial charge in [-0.15, -0.1) is 0 Å². The average Bonchev–Trinajstić information content (AvgIpc) is 0.903. The van der Waals surface area contributed by atoms with Crippen LogP contribution < -0.4 is 0 Å². The largest absolute Gasteiger partial charge is 0.472 e. The van der Waals surface area contributed by atoms with E-state index in [0.717, 1.165) is 96.3 Å². The number of allylic oxidation sites excluding steroid dienone is 20. The molecular weight excluding hydrogens is 1380 g/mol. The minimum absolute atomic E-state index is 0.0207. The summed E-state index contributed by atoms with van der Waals surface area (Å²) in [5.41, 5.74) is 0. The molecule has 0 aromatic heterocycles. The summed E-state index contributed by atoms with van der Waals surface area (Å²) in [4.78, 5) is 73.0. The van der Waals surface area contributed by atoms with Gasteiger partial charge < -0.3 is 33.8 Å². The Labute approximate surface area is 644 Å². The molecule has 0 spiro atoms. The second kappa shape index (κ2) is 78.6. The highest BCUT2D eigenvalue weighted by molar-refractivity contribution is 7.47. The molecule has 106 heavy (non-hydrogen) atoms. The molecule has 19 heteroatoms. The standard InChI is InChI=1S/C87H150O17P2/c1-5-9-13-17-21-25-29-33-36-38-40-42-45-49-52-56-60-64-68-72-85(90)98-78-83(104-87(92)74-70-66-62-58-54-50-46-43-41-39-37-34-30-26-22-18-14-10-6-2)80-102-106(95,96)100-76-81(88)75-99-105(93,94)101-79-82(103-86(91)73-69-65-61-57-53-47-32-28-24-20-16-12-8-4)77-97-84(89)71-67-63-59-55-51-48-44-35-31-27-23-19-15-11-7-3/h21-22,25-26,33-34,36-37,40-43,49-50,52,54,60,62,64,66,81-83,88H,5-20,23-24,27-32,35,38-39,44-48,51,53,55-59,61,63,65,67-80H2,1-4H3,(H,93,94)(H,95,96)/b25-21-,26-22-,36-33-,37-34-,42-40-,43-41-,52-49-,54-50-,64-60-,66-62-/t81-,82+,83+/m0/s1. The topological polar surface area (TPSA) is 237 Å². The van der Waals surface area contributed by atoms with Crippen LogP contribution in [-0.2, 0) is 65.4 Å². The third kappa shape index (κ3) is 77.6. The van der Waals surface area contributed by atoms with Gasteiger partial charge in [-0.05, 0) is 103 Å². The fraction of sp³-hybridized carbons (Fsp3) is 0.724. The smallest absolute Gasteiger partial charge is 0.462 e. The van der Waals surface area contributed by atoms with Crippen LogP contribution in [0.3, 0.4) is 0 Å². The normalized spacial score (nSPS) is 14.4. The van der Waals surface area contributed by atoms with Crippen LogP contribution in [0.4, 0.5) is 0 Å². The van der Waals surface area contributed by atoms with Crippen LogP contribution in [0.5, 0.6) is 0 Å². The molecule has 0 aromatic carbocycles. The van der Waals surface area contributed by atoms with Crippen LogP contribution in [0.1, 0.15) is 349 Å². The predicted molar refractivity (Wildman–Crippen MR) is 436 cm³/mol. The first-order valence-corrected chi connectivity index (χ1v) is 44.8. The van der Waals surface area contributed by atoms with E-state index in [9.17, 15) is 43.2 Å². The summed E-state index contributed by atoms with van der Waals surface area (Å²) in [6, 6.07) is 0. The molecule has 0 aliphatic heterocycles. The van der Waals surface area contributed by atoms with Crippen LogP contribution in [0.25, 0.3) is 0 Å². The zero-order valence-electron chi connectivity index (χ0n) is 66.8. The fourth-order valence-corrected chi connectivity index (χ4v) is 12.6. The van der Waals surface area contributed by atoms with E-state index in [1.54, 1.807) is 0 Å². The molecule has 0 aliphatic rings. The SMILES string of the molecule is CCCCC/C=C\C/C=C\C/C=C\C/C=C\C/C=C\CCC(=O)OC[C@H](COP(=O)(O)OC[C@@H](O)COP(=O)(O)OC[C@@H](COC(=O)CCCCCCCCCCCCCCCCC)OC(=O)CCCCCCCCCCCCCCC)OC(=O)CC/C=C\C/C=C\C/C=C\C/C=C\C/C=C\CCCCC. The molecule has 0 amide bonds. The van der Waals surface area contributed by atoms with Gasteiger partial charge in [0.2, 0.25) is 0 Å². The average molecular weight is 1530 g/mol. The van der Waals surface area contributed by atoms with E-state index in [4.69, 9.17) is 37.0 Å². The quantitative estimate of drug-likeness (QED) is 0.0169. The summed E-state index contributed by atoms with van der Waals surface area (Å²) in [5, 5.41) is 10.6. The van der Waals surface area contributed by atoms with E-state index in [1.165, 1.54) is 161 Å². The van der Waals surface area contributed by atoms with E-state index >= 15 is 0 Å². The molecule has 0 radical (unpaired) electrons. The molecule has 0 heterocycles. The number of rotatable bonds is 78. The fourth-order valence-electron chi connectivity index (χ4n) is 11.1. The van der Waals surface area contributed by atoms with E-state index < -0.39 is 97.5 Å². The van der Waals surface area contributed by atoms with Crippen molar-refractivity contribution in [3.05, 3.63) is 122 Å². The Morgan fingerprint density at radius 2 is 0.481 bits per heavy atom. The molecule has 0 rings (SSSR count). The first-order chi connectivity index (χ1) is 51.7. The maximum Gasteiger partial charge on any atom is 0.472 e. The summed E-state index contributed by atoms with van der Waals surface area (Å²) in [7, 11) is -10.0. The second-order valence-electron chi connectivity index (χ2n) is 27.7. The number of aliphatic hydroxyl groups excluding tert-OH is 1. The van der Waals surface area contributed by atoms with E-state index in [0.29, 0.717) is 38.5 Å². The maximum atomic E-state index is 13.1. The Hall–Kier alpha value is -4.54. The van der Waals surface area contributed by atoms with Crippen molar-refractivity contribution in [1.82, 2.24) is 0 Å². The molecule has 0 saturated heterocycles. The summed E-state index contributed by atoms with van der Waals surface area (Å²) < 4.78 is 68.5. The molecule has 0 fully saturated rings. The molecule has 0 aliphatic carbocycles. The Morgan fingerprint density at radius 1 is 0.264 bits per heavy atom. The van der Waals surface area contributed by atoms with Crippen molar-refractivity contribution in [3.63, 3.8) is 0 Å². The van der Waals surface area contributed by atoms with Crippen LogP contribution in [0.2, 0.25) is 0 Å². The first kappa shape index (κ1) is 101. The number of phosphoric acid groups is 2. The van der Waals surface area contributed by atoms with Gasteiger partial charge in [0.15, 0.2) is 12.2 Å². The van der Waals surface area contributed by atoms with Crippen LogP contribution in [0.15, 0.2) is 122 Å². The van der Waals surface area contributed by atoms with E-state index in [1.807, 2.05) is 36.5 Å². The molecule has 17 nitrogen and oxygen atoms in total. The minimum atomic E-state index is -5.02.